The lowest BCUT2D eigenvalue weighted by Crippen LogP contribution is -1.80. The van der Waals surface area contributed by atoms with Crippen molar-refractivity contribution in [3.63, 3.8) is 0 Å². The molecule has 0 radical (unpaired) electrons. The molecular formula is C8H10. The van der Waals surface area contributed by atoms with E-state index in [1.54, 1.807) is 0 Å². The van der Waals surface area contributed by atoms with Gasteiger partial charge in [-0.05, 0) is 18.4 Å². The smallest absolute Gasteiger partial charge is 0.0244 e. The fourth-order valence-electron chi connectivity index (χ4n) is 0.791. The van der Waals surface area contributed by atoms with Crippen LogP contribution in [0.3, 0.4) is 0 Å². The highest BCUT2D eigenvalue weighted by molar-refractivity contribution is 5.25. The first kappa shape index (κ1) is 5.36. The normalized spacial score (nSPS) is 17.8. The van der Waals surface area contributed by atoms with Gasteiger partial charge in [-0.1, -0.05) is 30.9 Å². The maximum Gasteiger partial charge on any atom is -0.0244 e. The van der Waals surface area contributed by atoms with E-state index in [0.717, 1.165) is 0 Å². The fraction of sp³-hybridized carbons (Fsp3) is 0.250. The van der Waals surface area contributed by atoms with Crippen LogP contribution >= 0.6 is 0 Å². The number of hydrogen-bond acceptors (Lipinski definition) is 0. The molecule has 0 heteroatoms. The quantitative estimate of drug-likeness (QED) is 0.481. The Morgan fingerprint density at radius 1 is 1.62 bits per heavy atom. The van der Waals surface area contributed by atoms with Gasteiger partial charge in [0, 0.05) is 0 Å². The van der Waals surface area contributed by atoms with E-state index in [1.807, 2.05) is 6.08 Å². The molecule has 1 rings (SSSR count). The van der Waals surface area contributed by atoms with Crippen molar-refractivity contribution in [3.05, 3.63) is 36.5 Å². The van der Waals surface area contributed by atoms with E-state index < -0.39 is 0 Å². The summed E-state index contributed by atoms with van der Waals surface area (Å²) in [6.45, 7) is 3.68. The van der Waals surface area contributed by atoms with Gasteiger partial charge >= 0.3 is 0 Å². The largest absolute Gasteiger partial charge is 0.0988 e. The van der Waals surface area contributed by atoms with Crippen molar-refractivity contribution >= 4 is 0 Å². The monoisotopic (exact) mass is 106 g/mol. The van der Waals surface area contributed by atoms with Gasteiger partial charge in [-0.25, -0.2) is 0 Å². The molecule has 0 saturated heterocycles. The molecule has 0 saturated carbocycles. The predicted octanol–water partition coefficient (Wildman–Crippen LogP) is 2.45. The minimum absolute atomic E-state index is 1.17. The highest BCUT2D eigenvalue weighted by atomic mass is 14.0. The SMILES string of the molecule is C=CC1=CC=CCC1. The summed E-state index contributed by atoms with van der Waals surface area (Å²) in [5.74, 6) is 0. The Hall–Kier alpha value is -0.780. The Morgan fingerprint density at radius 3 is 2.88 bits per heavy atom. The third-order valence-electron chi connectivity index (χ3n) is 1.31. The molecule has 0 atom stereocenters. The van der Waals surface area contributed by atoms with Crippen molar-refractivity contribution in [2.24, 2.45) is 0 Å². The van der Waals surface area contributed by atoms with Gasteiger partial charge in [-0.15, -0.1) is 0 Å². The fourth-order valence-corrected chi connectivity index (χ4v) is 0.791. The molecule has 0 aromatic heterocycles. The molecule has 0 aliphatic heterocycles. The zero-order valence-electron chi connectivity index (χ0n) is 4.93. The van der Waals surface area contributed by atoms with Crippen molar-refractivity contribution in [2.45, 2.75) is 12.8 Å². The summed E-state index contributed by atoms with van der Waals surface area (Å²) in [5.41, 5.74) is 1.35. The molecule has 0 spiro atoms. The Bertz CT molecular complexity index is 138. The maximum atomic E-state index is 3.68. The van der Waals surface area contributed by atoms with Crippen LogP contribution in [0, 0.1) is 0 Å². The lowest BCUT2D eigenvalue weighted by atomic mass is 10.1. The van der Waals surface area contributed by atoms with E-state index >= 15 is 0 Å². The molecule has 0 fully saturated rings. The maximum absolute atomic E-state index is 3.68. The lowest BCUT2D eigenvalue weighted by molar-refractivity contribution is 0.992. The van der Waals surface area contributed by atoms with Crippen LogP contribution in [0.5, 0.6) is 0 Å². The average Bonchev–Trinajstić information content (AvgIpc) is 1.90. The van der Waals surface area contributed by atoms with Gasteiger partial charge < -0.3 is 0 Å². The van der Waals surface area contributed by atoms with E-state index in [2.05, 4.69) is 24.8 Å². The van der Waals surface area contributed by atoms with E-state index in [-0.39, 0.29) is 0 Å². The van der Waals surface area contributed by atoms with Crippen molar-refractivity contribution in [2.75, 3.05) is 0 Å². The van der Waals surface area contributed by atoms with Crippen LogP contribution in [0.1, 0.15) is 12.8 Å². The van der Waals surface area contributed by atoms with Crippen LogP contribution in [-0.2, 0) is 0 Å². The molecule has 0 nitrogen and oxygen atoms in total. The Morgan fingerprint density at radius 2 is 2.50 bits per heavy atom. The zero-order valence-corrected chi connectivity index (χ0v) is 4.93. The highest BCUT2D eigenvalue weighted by Gasteiger charge is 1.91. The minimum atomic E-state index is 1.17. The Labute approximate surface area is 50.2 Å². The van der Waals surface area contributed by atoms with Gasteiger partial charge in [0.15, 0.2) is 0 Å². The second kappa shape index (κ2) is 2.51. The number of rotatable bonds is 1. The van der Waals surface area contributed by atoms with E-state index in [0.29, 0.717) is 0 Å². The summed E-state index contributed by atoms with van der Waals surface area (Å²) in [6.07, 6.45) is 10.6. The van der Waals surface area contributed by atoms with Crippen molar-refractivity contribution < 1.29 is 0 Å². The molecule has 1 aliphatic carbocycles. The predicted molar refractivity (Wildman–Crippen MR) is 36.7 cm³/mol. The molecule has 0 amide bonds. The highest BCUT2D eigenvalue weighted by Crippen LogP contribution is 2.11. The average molecular weight is 106 g/mol. The summed E-state index contributed by atoms with van der Waals surface area (Å²) in [7, 11) is 0. The van der Waals surface area contributed by atoms with Gasteiger partial charge in [0.2, 0.25) is 0 Å². The van der Waals surface area contributed by atoms with Crippen LogP contribution < -0.4 is 0 Å². The second-order valence-electron chi connectivity index (χ2n) is 1.91. The molecule has 8 heavy (non-hydrogen) atoms. The van der Waals surface area contributed by atoms with Crippen LogP contribution in [-0.4, -0.2) is 0 Å². The third-order valence-corrected chi connectivity index (χ3v) is 1.31. The first-order valence-electron chi connectivity index (χ1n) is 2.91. The van der Waals surface area contributed by atoms with Crippen molar-refractivity contribution in [1.29, 1.82) is 0 Å². The molecular weight excluding hydrogens is 96.1 g/mol. The Balaban J connectivity index is 2.63. The zero-order chi connectivity index (χ0) is 5.82. The third kappa shape index (κ3) is 1.09. The van der Waals surface area contributed by atoms with Gasteiger partial charge in [0.05, 0.1) is 0 Å². The summed E-state index contributed by atoms with van der Waals surface area (Å²) >= 11 is 0. The first-order valence-corrected chi connectivity index (χ1v) is 2.91. The van der Waals surface area contributed by atoms with Crippen LogP contribution in [0.4, 0.5) is 0 Å². The van der Waals surface area contributed by atoms with Crippen LogP contribution in [0.2, 0.25) is 0 Å². The minimum Gasteiger partial charge on any atom is -0.0988 e. The molecule has 0 bridgehead atoms. The van der Waals surface area contributed by atoms with E-state index in [9.17, 15) is 0 Å². The van der Waals surface area contributed by atoms with Gasteiger partial charge in [-0.3, -0.25) is 0 Å². The van der Waals surface area contributed by atoms with Crippen LogP contribution in [0.25, 0.3) is 0 Å². The first-order chi connectivity index (χ1) is 3.93. The molecule has 0 heterocycles. The van der Waals surface area contributed by atoms with Crippen LogP contribution in [0.15, 0.2) is 36.5 Å². The number of allylic oxidation sites excluding steroid dienone is 5. The molecule has 0 aromatic carbocycles. The summed E-state index contributed by atoms with van der Waals surface area (Å²) < 4.78 is 0. The Kier molecular flexibility index (Phi) is 1.68. The van der Waals surface area contributed by atoms with E-state index in [4.69, 9.17) is 0 Å². The van der Waals surface area contributed by atoms with Crippen molar-refractivity contribution in [1.82, 2.24) is 0 Å². The van der Waals surface area contributed by atoms with E-state index in [1.165, 1.54) is 18.4 Å². The van der Waals surface area contributed by atoms with Gasteiger partial charge in [0.1, 0.15) is 0 Å². The lowest BCUT2D eigenvalue weighted by Gasteiger charge is -2.00. The standard InChI is InChI=1S/C8H10/c1-2-8-6-4-3-5-7-8/h2-4,6H,1,5,7H2. The summed E-state index contributed by atoms with van der Waals surface area (Å²) in [4.78, 5) is 0. The summed E-state index contributed by atoms with van der Waals surface area (Å²) in [5, 5.41) is 0. The summed E-state index contributed by atoms with van der Waals surface area (Å²) in [6, 6.07) is 0. The second-order valence-corrected chi connectivity index (χ2v) is 1.91. The molecule has 1 aliphatic rings. The molecule has 0 N–H and O–H groups in total. The molecule has 0 aromatic rings. The topological polar surface area (TPSA) is 0 Å². The van der Waals surface area contributed by atoms with Gasteiger partial charge in [-0.2, -0.15) is 0 Å². The molecule has 42 valence electrons. The van der Waals surface area contributed by atoms with Crippen molar-refractivity contribution in [3.8, 4) is 0 Å². The number of hydrogen-bond donors (Lipinski definition) is 0. The molecule has 0 unspecified atom stereocenters. The van der Waals surface area contributed by atoms with Gasteiger partial charge in [0.25, 0.3) is 0 Å².